The molecule has 0 aliphatic rings. The average molecular weight is 369 g/mol. The van der Waals surface area contributed by atoms with Gasteiger partial charge in [0.05, 0.1) is 5.56 Å². The molecule has 1 N–H and O–H groups in total. The van der Waals surface area contributed by atoms with Crippen LogP contribution in [0.4, 0.5) is 17.6 Å². The molecule has 0 aliphatic heterocycles. The Morgan fingerprint density at radius 3 is 2.35 bits per heavy atom. The fourth-order valence-electron chi connectivity index (χ4n) is 2.71. The van der Waals surface area contributed by atoms with Crippen molar-refractivity contribution in [3.63, 3.8) is 0 Å². The van der Waals surface area contributed by atoms with Crippen LogP contribution in [0.1, 0.15) is 30.5 Å². The third-order valence-electron chi connectivity index (χ3n) is 3.84. The van der Waals surface area contributed by atoms with E-state index in [9.17, 15) is 22.4 Å². The number of carbonyl (C=O) groups is 1. The zero-order valence-electron chi connectivity index (χ0n) is 14.4. The minimum absolute atomic E-state index is 0.0840. The summed E-state index contributed by atoms with van der Waals surface area (Å²) in [5.41, 5.74) is -0.594. The van der Waals surface area contributed by atoms with Crippen molar-refractivity contribution in [2.24, 2.45) is 0 Å². The van der Waals surface area contributed by atoms with Crippen LogP contribution in [0.15, 0.2) is 36.4 Å². The van der Waals surface area contributed by atoms with Crippen LogP contribution in [-0.2, 0) is 28.9 Å². The van der Waals surface area contributed by atoms with E-state index in [2.05, 4.69) is 5.32 Å². The van der Waals surface area contributed by atoms with Gasteiger partial charge in [0.2, 0.25) is 0 Å². The molecule has 0 bridgehead atoms. The minimum Gasteiger partial charge on any atom is -0.461 e. The Balaban J connectivity index is 2.74. The van der Waals surface area contributed by atoms with Gasteiger partial charge in [-0.3, -0.25) is 4.79 Å². The van der Waals surface area contributed by atoms with E-state index in [-0.39, 0.29) is 17.7 Å². The van der Waals surface area contributed by atoms with Gasteiger partial charge in [0.15, 0.2) is 0 Å². The highest BCUT2D eigenvalue weighted by atomic mass is 19.4. The number of ether oxygens (including phenoxy) is 1. The number of rotatable bonds is 6. The quantitative estimate of drug-likeness (QED) is 0.593. The number of benzene rings is 2. The molecule has 2 aromatic carbocycles. The summed E-state index contributed by atoms with van der Waals surface area (Å²) in [6.07, 6.45) is -4.91. The van der Waals surface area contributed by atoms with Gasteiger partial charge in [0.1, 0.15) is 12.4 Å². The maximum absolute atomic E-state index is 14.4. The molecule has 0 aromatic heterocycles. The van der Waals surface area contributed by atoms with Crippen molar-refractivity contribution < 1.29 is 27.1 Å². The second-order valence-corrected chi connectivity index (χ2v) is 5.66. The standard InChI is InChI=1S/C19H19F4NO2/c1-3-24-10-15-14(13-7-5-4-6-8-13)9-17(20)18(19(21,22)23)16(15)11-26-12(2)25/h4-9,24H,3,10-11H2,1-2H3. The van der Waals surface area contributed by atoms with E-state index in [1.54, 1.807) is 30.3 Å². The normalized spacial score (nSPS) is 11.5. The summed E-state index contributed by atoms with van der Waals surface area (Å²) < 4.78 is 59.6. The molecule has 0 fully saturated rings. The predicted molar refractivity (Wildman–Crippen MR) is 89.7 cm³/mol. The average Bonchev–Trinajstić information content (AvgIpc) is 2.57. The lowest BCUT2D eigenvalue weighted by atomic mass is 9.91. The molecule has 140 valence electrons. The van der Waals surface area contributed by atoms with Crippen LogP contribution >= 0.6 is 0 Å². The number of hydrogen-bond acceptors (Lipinski definition) is 3. The van der Waals surface area contributed by atoms with E-state index < -0.39 is 30.1 Å². The van der Waals surface area contributed by atoms with Gasteiger partial charge in [0, 0.05) is 19.0 Å². The Hall–Kier alpha value is -2.41. The monoisotopic (exact) mass is 369 g/mol. The van der Waals surface area contributed by atoms with E-state index in [0.717, 1.165) is 13.0 Å². The molecule has 2 rings (SSSR count). The number of hydrogen-bond donors (Lipinski definition) is 1. The number of esters is 1. The zero-order valence-corrected chi connectivity index (χ0v) is 14.4. The van der Waals surface area contributed by atoms with Gasteiger partial charge in [-0.05, 0) is 29.3 Å². The second kappa shape index (κ2) is 8.31. The van der Waals surface area contributed by atoms with Crippen LogP contribution in [0, 0.1) is 5.82 Å². The second-order valence-electron chi connectivity index (χ2n) is 5.66. The van der Waals surface area contributed by atoms with Crippen molar-refractivity contribution in [3.05, 3.63) is 58.9 Å². The first kappa shape index (κ1) is 19.9. The zero-order chi connectivity index (χ0) is 19.3. The Morgan fingerprint density at radius 1 is 1.15 bits per heavy atom. The molecule has 0 radical (unpaired) electrons. The molecular weight excluding hydrogens is 350 g/mol. The van der Waals surface area contributed by atoms with Crippen LogP contribution in [0.2, 0.25) is 0 Å². The van der Waals surface area contributed by atoms with Crippen molar-refractivity contribution in [3.8, 4) is 11.1 Å². The molecule has 3 nitrogen and oxygen atoms in total. The summed E-state index contributed by atoms with van der Waals surface area (Å²) >= 11 is 0. The van der Waals surface area contributed by atoms with Crippen molar-refractivity contribution in [2.75, 3.05) is 6.54 Å². The van der Waals surface area contributed by atoms with Crippen LogP contribution in [-0.4, -0.2) is 12.5 Å². The van der Waals surface area contributed by atoms with Crippen LogP contribution in [0.25, 0.3) is 11.1 Å². The highest BCUT2D eigenvalue weighted by Crippen LogP contribution is 2.40. The van der Waals surface area contributed by atoms with Crippen molar-refractivity contribution in [1.82, 2.24) is 5.32 Å². The minimum atomic E-state index is -4.91. The molecule has 0 atom stereocenters. The largest absolute Gasteiger partial charge is 0.461 e. The molecule has 0 saturated heterocycles. The highest BCUT2D eigenvalue weighted by Gasteiger charge is 2.39. The van der Waals surface area contributed by atoms with E-state index in [4.69, 9.17) is 4.74 Å². The molecule has 0 amide bonds. The third-order valence-corrected chi connectivity index (χ3v) is 3.84. The highest BCUT2D eigenvalue weighted by molar-refractivity contribution is 5.71. The van der Waals surface area contributed by atoms with Crippen molar-refractivity contribution in [1.29, 1.82) is 0 Å². The van der Waals surface area contributed by atoms with Gasteiger partial charge < -0.3 is 10.1 Å². The fourth-order valence-corrected chi connectivity index (χ4v) is 2.71. The Morgan fingerprint density at radius 2 is 1.81 bits per heavy atom. The molecule has 0 unspecified atom stereocenters. The van der Waals surface area contributed by atoms with Gasteiger partial charge in [-0.25, -0.2) is 4.39 Å². The maximum atomic E-state index is 14.4. The molecule has 0 spiro atoms. The fraction of sp³-hybridized carbons (Fsp3) is 0.316. The molecule has 0 aliphatic carbocycles. The first-order valence-electron chi connectivity index (χ1n) is 8.06. The van der Waals surface area contributed by atoms with Gasteiger partial charge in [-0.1, -0.05) is 37.3 Å². The SMILES string of the molecule is CCNCc1c(-c2ccccc2)cc(F)c(C(F)(F)F)c1COC(C)=O. The molecule has 26 heavy (non-hydrogen) atoms. The smallest absolute Gasteiger partial charge is 0.419 e. The molecular formula is C19H19F4NO2. The number of carbonyl (C=O) groups excluding carboxylic acids is 1. The van der Waals surface area contributed by atoms with Crippen LogP contribution in [0.5, 0.6) is 0 Å². The Bertz CT molecular complexity index is 773. The number of nitrogens with one attached hydrogen (secondary N) is 1. The van der Waals surface area contributed by atoms with Crippen LogP contribution in [0.3, 0.4) is 0 Å². The molecule has 7 heteroatoms. The van der Waals surface area contributed by atoms with Crippen molar-refractivity contribution in [2.45, 2.75) is 33.2 Å². The maximum Gasteiger partial charge on any atom is 0.419 e. The van der Waals surface area contributed by atoms with Crippen molar-refractivity contribution >= 4 is 5.97 Å². The number of halogens is 4. The summed E-state index contributed by atoms with van der Waals surface area (Å²) in [5, 5.41) is 2.97. The van der Waals surface area contributed by atoms with Gasteiger partial charge in [-0.15, -0.1) is 0 Å². The van der Waals surface area contributed by atoms with Gasteiger partial charge in [-0.2, -0.15) is 13.2 Å². The molecule has 2 aromatic rings. The van der Waals surface area contributed by atoms with E-state index in [1.165, 1.54) is 0 Å². The summed E-state index contributed by atoms with van der Waals surface area (Å²) in [5.74, 6) is -2.13. The first-order valence-corrected chi connectivity index (χ1v) is 8.06. The Kier molecular flexibility index (Phi) is 6.37. The summed E-state index contributed by atoms with van der Waals surface area (Å²) in [6, 6.07) is 9.46. The number of alkyl halides is 3. The lowest BCUT2D eigenvalue weighted by Crippen LogP contribution is -2.21. The third kappa shape index (κ3) is 4.60. The molecule has 0 saturated carbocycles. The molecule has 0 heterocycles. The first-order chi connectivity index (χ1) is 12.3. The van der Waals surface area contributed by atoms with Gasteiger partial charge in [0.25, 0.3) is 0 Å². The van der Waals surface area contributed by atoms with E-state index >= 15 is 0 Å². The van der Waals surface area contributed by atoms with E-state index in [0.29, 0.717) is 17.7 Å². The van der Waals surface area contributed by atoms with Gasteiger partial charge >= 0.3 is 12.1 Å². The Labute approximate surface area is 149 Å². The topological polar surface area (TPSA) is 38.3 Å². The lowest BCUT2D eigenvalue weighted by molar-refractivity contribution is -0.146. The summed E-state index contributed by atoms with van der Waals surface area (Å²) in [6.45, 7) is 2.85. The van der Waals surface area contributed by atoms with Crippen LogP contribution < -0.4 is 5.32 Å². The predicted octanol–water partition coefficient (Wildman–Crippen LogP) is 4.68. The summed E-state index contributed by atoms with van der Waals surface area (Å²) in [7, 11) is 0. The lowest BCUT2D eigenvalue weighted by Gasteiger charge is -2.21. The van der Waals surface area contributed by atoms with E-state index in [1.807, 2.05) is 6.92 Å². The summed E-state index contributed by atoms with van der Waals surface area (Å²) in [4.78, 5) is 11.1.